The Morgan fingerprint density at radius 2 is 1.85 bits per heavy atom. The van der Waals surface area contributed by atoms with Crippen LogP contribution in [-0.4, -0.2) is 21.2 Å². The number of anilines is 1. The second-order valence-corrected chi connectivity index (χ2v) is 5.76. The van der Waals surface area contributed by atoms with Gasteiger partial charge in [0.25, 0.3) is 0 Å². The van der Waals surface area contributed by atoms with Crippen molar-refractivity contribution in [2.75, 3.05) is 5.32 Å². The highest BCUT2D eigenvalue weighted by atomic mass is 32.1. The molecule has 0 aliphatic carbocycles. The third-order valence-corrected chi connectivity index (χ3v) is 3.86. The fourth-order valence-electron chi connectivity index (χ4n) is 2.46. The SMILES string of the molecule is CCc1nnc(NC(CC)C(C)C)c(C(N)=S)c1CC. The van der Waals surface area contributed by atoms with Crippen LogP contribution in [0.1, 0.15) is 57.9 Å². The largest absolute Gasteiger partial charge is 0.389 e. The number of aryl methyl sites for hydroxylation is 1. The van der Waals surface area contributed by atoms with E-state index in [2.05, 4.69) is 50.1 Å². The van der Waals surface area contributed by atoms with Crippen LogP contribution in [0.25, 0.3) is 0 Å². The Balaban J connectivity index is 3.29. The first-order chi connectivity index (χ1) is 9.46. The Morgan fingerprint density at radius 1 is 1.20 bits per heavy atom. The zero-order valence-electron chi connectivity index (χ0n) is 13.2. The molecule has 0 bridgehead atoms. The summed E-state index contributed by atoms with van der Waals surface area (Å²) in [4.78, 5) is 0.396. The molecule has 0 saturated carbocycles. The Bertz CT molecular complexity index is 471. The van der Waals surface area contributed by atoms with Gasteiger partial charge in [0.15, 0.2) is 5.82 Å². The molecule has 1 rings (SSSR count). The van der Waals surface area contributed by atoms with Crippen molar-refractivity contribution < 1.29 is 0 Å². The van der Waals surface area contributed by atoms with Gasteiger partial charge >= 0.3 is 0 Å². The zero-order chi connectivity index (χ0) is 15.3. The topological polar surface area (TPSA) is 63.8 Å². The van der Waals surface area contributed by atoms with Crippen molar-refractivity contribution in [1.82, 2.24) is 10.2 Å². The number of nitrogens with one attached hydrogen (secondary N) is 1. The van der Waals surface area contributed by atoms with E-state index in [-0.39, 0.29) is 0 Å². The normalized spacial score (nSPS) is 12.5. The Kier molecular flexibility index (Phi) is 6.33. The quantitative estimate of drug-likeness (QED) is 0.757. The smallest absolute Gasteiger partial charge is 0.159 e. The fraction of sp³-hybridized carbons (Fsp3) is 0.667. The summed E-state index contributed by atoms with van der Waals surface area (Å²) in [6, 6.07) is 0.342. The second-order valence-electron chi connectivity index (χ2n) is 5.32. The van der Waals surface area contributed by atoms with E-state index in [4.69, 9.17) is 18.0 Å². The van der Waals surface area contributed by atoms with Crippen LogP contribution in [0.3, 0.4) is 0 Å². The lowest BCUT2D eigenvalue weighted by molar-refractivity contribution is 0.509. The van der Waals surface area contributed by atoms with Gasteiger partial charge in [0, 0.05) is 6.04 Å². The van der Waals surface area contributed by atoms with E-state index in [1.54, 1.807) is 0 Å². The van der Waals surface area contributed by atoms with E-state index in [1.165, 1.54) is 0 Å². The molecule has 3 N–H and O–H groups in total. The molecule has 20 heavy (non-hydrogen) atoms. The van der Waals surface area contributed by atoms with E-state index in [1.807, 2.05) is 0 Å². The number of hydrogen-bond donors (Lipinski definition) is 2. The molecule has 1 unspecified atom stereocenters. The molecule has 1 aromatic heterocycles. The second kappa shape index (κ2) is 7.53. The van der Waals surface area contributed by atoms with Crippen molar-refractivity contribution in [3.05, 3.63) is 16.8 Å². The van der Waals surface area contributed by atoms with Crippen LogP contribution in [0, 0.1) is 5.92 Å². The molecule has 1 atom stereocenters. The maximum Gasteiger partial charge on any atom is 0.159 e. The molecule has 5 heteroatoms. The van der Waals surface area contributed by atoms with Gasteiger partial charge in [-0.25, -0.2) is 0 Å². The first-order valence-corrected chi connectivity index (χ1v) is 7.81. The molecule has 0 amide bonds. The molecule has 0 aromatic carbocycles. The number of thiocarbonyl (C=S) groups is 1. The average molecular weight is 294 g/mol. The van der Waals surface area contributed by atoms with Crippen molar-refractivity contribution in [3.63, 3.8) is 0 Å². The summed E-state index contributed by atoms with van der Waals surface area (Å²) in [6.07, 6.45) is 2.72. The van der Waals surface area contributed by atoms with Gasteiger partial charge in [-0.2, -0.15) is 5.10 Å². The monoisotopic (exact) mass is 294 g/mol. The molecule has 0 aliphatic rings. The Hall–Kier alpha value is -1.23. The molecule has 0 saturated heterocycles. The van der Waals surface area contributed by atoms with E-state index in [0.29, 0.717) is 16.9 Å². The van der Waals surface area contributed by atoms with Gasteiger partial charge in [0.05, 0.1) is 11.3 Å². The standard InChI is InChI=1S/C15H26N4S/c1-6-10-12(8-3)18-19-15(13(10)14(16)20)17-11(7-2)9(4)5/h9,11H,6-8H2,1-5H3,(H2,16,20)(H,17,19). The molecule has 0 radical (unpaired) electrons. The Morgan fingerprint density at radius 3 is 2.25 bits per heavy atom. The minimum Gasteiger partial charge on any atom is -0.389 e. The predicted octanol–water partition coefficient (Wildman–Crippen LogP) is 3.08. The van der Waals surface area contributed by atoms with E-state index < -0.39 is 0 Å². The summed E-state index contributed by atoms with van der Waals surface area (Å²) in [5, 5.41) is 12.1. The maximum absolute atomic E-state index is 5.93. The van der Waals surface area contributed by atoms with Gasteiger partial charge in [-0.05, 0) is 30.7 Å². The summed E-state index contributed by atoms with van der Waals surface area (Å²) < 4.78 is 0. The van der Waals surface area contributed by atoms with Crippen LogP contribution < -0.4 is 11.1 Å². The van der Waals surface area contributed by atoms with E-state index in [0.717, 1.165) is 41.9 Å². The third-order valence-electron chi connectivity index (χ3n) is 3.66. The summed E-state index contributed by atoms with van der Waals surface area (Å²) in [5.74, 6) is 1.24. The summed E-state index contributed by atoms with van der Waals surface area (Å²) >= 11 is 5.24. The molecule has 1 aromatic rings. The van der Waals surface area contributed by atoms with Gasteiger partial charge in [0.1, 0.15) is 4.99 Å². The van der Waals surface area contributed by atoms with Gasteiger partial charge in [-0.1, -0.05) is 46.8 Å². The van der Waals surface area contributed by atoms with Gasteiger partial charge in [-0.3, -0.25) is 0 Å². The molecular weight excluding hydrogens is 268 g/mol. The molecule has 0 spiro atoms. The molecule has 0 aliphatic heterocycles. The summed E-state index contributed by atoms with van der Waals surface area (Å²) in [5.41, 5.74) is 8.91. The van der Waals surface area contributed by atoms with Crippen LogP contribution in [-0.2, 0) is 12.8 Å². The van der Waals surface area contributed by atoms with E-state index in [9.17, 15) is 0 Å². The lowest BCUT2D eigenvalue weighted by Crippen LogP contribution is -2.28. The highest BCUT2D eigenvalue weighted by Gasteiger charge is 2.19. The van der Waals surface area contributed by atoms with Crippen molar-refractivity contribution in [2.45, 2.75) is 59.9 Å². The number of hydrogen-bond acceptors (Lipinski definition) is 4. The minimum absolute atomic E-state index is 0.342. The average Bonchev–Trinajstić information content (AvgIpc) is 2.42. The van der Waals surface area contributed by atoms with Gasteiger partial charge in [0.2, 0.25) is 0 Å². The van der Waals surface area contributed by atoms with Crippen LogP contribution in [0.15, 0.2) is 0 Å². The van der Waals surface area contributed by atoms with E-state index >= 15 is 0 Å². The van der Waals surface area contributed by atoms with Crippen molar-refractivity contribution in [2.24, 2.45) is 11.7 Å². The predicted molar refractivity (Wildman–Crippen MR) is 89.2 cm³/mol. The number of rotatable bonds is 7. The van der Waals surface area contributed by atoms with Crippen LogP contribution in [0.2, 0.25) is 0 Å². The number of nitrogens with zero attached hydrogens (tertiary/aromatic N) is 2. The minimum atomic E-state index is 0.342. The lowest BCUT2D eigenvalue weighted by atomic mass is 9.99. The molecule has 112 valence electrons. The van der Waals surface area contributed by atoms with Crippen molar-refractivity contribution >= 4 is 23.0 Å². The van der Waals surface area contributed by atoms with Crippen LogP contribution in [0.4, 0.5) is 5.82 Å². The highest BCUT2D eigenvalue weighted by molar-refractivity contribution is 7.80. The molecule has 0 fully saturated rings. The highest BCUT2D eigenvalue weighted by Crippen LogP contribution is 2.23. The molecular formula is C15H26N4S. The Labute approximate surface area is 127 Å². The fourth-order valence-corrected chi connectivity index (χ4v) is 2.67. The van der Waals surface area contributed by atoms with Gasteiger partial charge in [-0.15, -0.1) is 5.10 Å². The maximum atomic E-state index is 5.93. The van der Waals surface area contributed by atoms with Crippen molar-refractivity contribution in [3.8, 4) is 0 Å². The molecule has 4 nitrogen and oxygen atoms in total. The van der Waals surface area contributed by atoms with Crippen LogP contribution >= 0.6 is 12.2 Å². The van der Waals surface area contributed by atoms with Crippen molar-refractivity contribution in [1.29, 1.82) is 0 Å². The number of nitrogens with two attached hydrogens (primary N) is 1. The first-order valence-electron chi connectivity index (χ1n) is 7.40. The summed E-state index contributed by atoms with van der Waals surface area (Å²) in [6.45, 7) is 10.7. The third kappa shape index (κ3) is 3.66. The number of aromatic nitrogens is 2. The first kappa shape index (κ1) is 16.8. The zero-order valence-corrected chi connectivity index (χ0v) is 14.0. The lowest BCUT2D eigenvalue weighted by Gasteiger charge is -2.23. The summed E-state index contributed by atoms with van der Waals surface area (Å²) in [7, 11) is 0. The molecule has 1 heterocycles. The van der Waals surface area contributed by atoms with Gasteiger partial charge < -0.3 is 11.1 Å². The van der Waals surface area contributed by atoms with Crippen LogP contribution in [0.5, 0.6) is 0 Å².